The molecule has 198 valence electrons. The molecule has 5 rings (SSSR count). The summed E-state index contributed by atoms with van der Waals surface area (Å²) in [6, 6.07) is 20.8. The summed E-state index contributed by atoms with van der Waals surface area (Å²) >= 11 is 5.72. The lowest BCUT2D eigenvalue weighted by Gasteiger charge is -2.37. The second-order valence-corrected chi connectivity index (χ2v) is 11.3. The molecule has 11 heteroatoms. The Hall–Kier alpha value is -3.18. The number of rotatable bonds is 5. The van der Waals surface area contributed by atoms with E-state index >= 15 is 0 Å². The van der Waals surface area contributed by atoms with Gasteiger partial charge in [-0.3, -0.25) is 0 Å². The lowest BCUT2D eigenvalue weighted by atomic mass is 9.84. The van der Waals surface area contributed by atoms with Crippen molar-refractivity contribution in [1.29, 1.82) is 0 Å². The third kappa shape index (κ3) is 4.96. The minimum Gasteiger partial charge on any atom is -0.435 e. The van der Waals surface area contributed by atoms with Gasteiger partial charge >= 0.3 is 6.18 Å². The average Bonchev–Trinajstić information content (AvgIpc) is 3.36. The first-order valence-corrected chi connectivity index (χ1v) is 13.5. The Morgan fingerprint density at radius 2 is 1.50 bits per heavy atom. The number of halogens is 4. The van der Waals surface area contributed by atoms with Gasteiger partial charge in [-0.25, -0.2) is 8.42 Å². The van der Waals surface area contributed by atoms with Crippen LogP contribution in [0.2, 0.25) is 5.02 Å². The number of oxazole rings is 1. The first-order valence-electron chi connectivity index (χ1n) is 11.7. The lowest BCUT2D eigenvalue weighted by molar-refractivity contribution is -0.137. The molecule has 1 saturated heterocycles. The molecular weight excluding hydrogens is 541 g/mol. The third-order valence-corrected chi connectivity index (χ3v) is 8.74. The van der Waals surface area contributed by atoms with Gasteiger partial charge in [0.2, 0.25) is 10.9 Å². The first-order chi connectivity index (χ1) is 18.0. The number of aliphatic hydroxyl groups is 1. The third-order valence-electron chi connectivity index (χ3n) is 6.60. The first kappa shape index (κ1) is 26.4. The highest BCUT2D eigenvalue weighted by atomic mass is 35.5. The molecule has 1 N–H and O–H groups in total. The molecule has 0 atom stereocenters. The summed E-state index contributed by atoms with van der Waals surface area (Å²) in [5.74, 6) is 0.218. The minimum atomic E-state index is -4.69. The Balaban J connectivity index is 1.46. The second kappa shape index (κ2) is 9.85. The van der Waals surface area contributed by atoms with Gasteiger partial charge in [0.25, 0.3) is 10.0 Å². The molecule has 1 aliphatic rings. The fourth-order valence-electron chi connectivity index (χ4n) is 4.50. The van der Waals surface area contributed by atoms with Gasteiger partial charge in [-0.15, -0.1) is 0 Å². The molecule has 1 aliphatic heterocycles. The summed E-state index contributed by atoms with van der Waals surface area (Å²) in [5.41, 5.74) is -1.55. The second-order valence-electron chi connectivity index (χ2n) is 9.01. The molecule has 0 saturated carbocycles. The van der Waals surface area contributed by atoms with E-state index in [1.807, 2.05) is 6.07 Å². The Morgan fingerprint density at radius 3 is 2.08 bits per heavy atom. The van der Waals surface area contributed by atoms with E-state index in [1.54, 1.807) is 54.6 Å². The van der Waals surface area contributed by atoms with E-state index in [9.17, 15) is 26.7 Å². The summed E-state index contributed by atoms with van der Waals surface area (Å²) in [4.78, 5) is 4.35. The monoisotopic (exact) mass is 562 g/mol. The van der Waals surface area contributed by atoms with Crippen LogP contribution in [-0.2, 0) is 21.8 Å². The number of alkyl halides is 3. The smallest absolute Gasteiger partial charge is 0.417 e. The molecule has 3 aromatic carbocycles. The molecule has 4 aromatic rings. The van der Waals surface area contributed by atoms with Crippen LogP contribution in [0.5, 0.6) is 0 Å². The zero-order valence-corrected chi connectivity index (χ0v) is 21.4. The van der Waals surface area contributed by atoms with Crippen molar-refractivity contribution in [2.75, 3.05) is 13.1 Å². The quantitative estimate of drug-likeness (QED) is 0.306. The van der Waals surface area contributed by atoms with Gasteiger partial charge in [-0.05, 0) is 42.7 Å². The van der Waals surface area contributed by atoms with Crippen molar-refractivity contribution in [3.05, 3.63) is 95.0 Å². The maximum atomic E-state index is 13.8. The molecule has 6 nitrogen and oxygen atoms in total. The summed E-state index contributed by atoms with van der Waals surface area (Å²) in [5, 5.41) is 10.5. The van der Waals surface area contributed by atoms with E-state index in [0.29, 0.717) is 11.1 Å². The topological polar surface area (TPSA) is 83.6 Å². The highest BCUT2D eigenvalue weighted by Crippen LogP contribution is 2.41. The summed E-state index contributed by atoms with van der Waals surface area (Å²) in [6.07, 6.45) is -4.92. The van der Waals surface area contributed by atoms with E-state index in [-0.39, 0.29) is 48.2 Å². The van der Waals surface area contributed by atoms with Crippen molar-refractivity contribution in [2.24, 2.45) is 0 Å². The predicted octanol–water partition coefficient (Wildman–Crippen LogP) is 6.35. The van der Waals surface area contributed by atoms with E-state index in [1.165, 1.54) is 10.4 Å². The van der Waals surface area contributed by atoms with Crippen molar-refractivity contribution in [1.82, 2.24) is 9.29 Å². The predicted molar refractivity (Wildman–Crippen MR) is 136 cm³/mol. The van der Waals surface area contributed by atoms with Gasteiger partial charge in [0.15, 0.2) is 5.76 Å². The number of hydrogen-bond donors (Lipinski definition) is 1. The maximum absolute atomic E-state index is 13.8. The van der Waals surface area contributed by atoms with Crippen molar-refractivity contribution < 1.29 is 31.1 Å². The van der Waals surface area contributed by atoms with Crippen LogP contribution in [0.4, 0.5) is 13.2 Å². The fraction of sp³-hybridized carbons (Fsp3) is 0.222. The number of sulfonamides is 1. The molecule has 0 spiro atoms. The molecule has 2 heterocycles. The Morgan fingerprint density at radius 1 is 0.921 bits per heavy atom. The average molecular weight is 563 g/mol. The van der Waals surface area contributed by atoms with Crippen LogP contribution in [0.15, 0.2) is 88.3 Å². The molecule has 0 unspecified atom stereocenters. The van der Waals surface area contributed by atoms with Crippen molar-refractivity contribution >= 4 is 21.6 Å². The van der Waals surface area contributed by atoms with Crippen LogP contribution in [0.3, 0.4) is 0 Å². The largest absolute Gasteiger partial charge is 0.435 e. The molecule has 0 amide bonds. The summed E-state index contributed by atoms with van der Waals surface area (Å²) in [6.45, 7) is -0.269. The molecule has 1 aromatic heterocycles. The van der Waals surface area contributed by atoms with Gasteiger partial charge in [-0.1, -0.05) is 66.2 Å². The molecule has 0 aliphatic carbocycles. The number of aromatic nitrogens is 1. The Labute approximate surface area is 222 Å². The van der Waals surface area contributed by atoms with Crippen LogP contribution < -0.4 is 0 Å². The van der Waals surface area contributed by atoms with E-state index in [2.05, 4.69) is 4.98 Å². The van der Waals surface area contributed by atoms with Crippen LogP contribution in [0.25, 0.3) is 22.8 Å². The zero-order valence-electron chi connectivity index (χ0n) is 19.8. The van der Waals surface area contributed by atoms with Gasteiger partial charge < -0.3 is 9.52 Å². The number of benzene rings is 3. The molecular formula is C27H22ClF3N2O4S. The molecule has 0 radical (unpaired) electrons. The zero-order chi connectivity index (χ0) is 27.1. The molecule has 0 bridgehead atoms. The van der Waals surface area contributed by atoms with E-state index < -0.39 is 32.4 Å². The summed E-state index contributed by atoms with van der Waals surface area (Å²) in [7, 11) is -4.18. The molecule has 38 heavy (non-hydrogen) atoms. The Kier molecular flexibility index (Phi) is 6.85. The van der Waals surface area contributed by atoms with E-state index in [0.717, 1.165) is 12.1 Å². The minimum absolute atomic E-state index is 0.0315. The lowest BCUT2D eigenvalue weighted by Crippen LogP contribution is -2.45. The van der Waals surface area contributed by atoms with Crippen molar-refractivity contribution in [3.8, 4) is 22.8 Å². The van der Waals surface area contributed by atoms with E-state index in [4.69, 9.17) is 16.0 Å². The van der Waals surface area contributed by atoms with Gasteiger partial charge in [0.05, 0.1) is 16.2 Å². The maximum Gasteiger partial charge on any atom is 0.417 e. The molecule has 1 fully saturated rings. The Bertz CT molecular complexity index is 1550. The highest BCUT2D eigenvalue weighted by molar-refractivity contribution is 7.89. The summed E-state index contributed by atoms with van der Waals surface area (Å²) < 4.78 is 74.7. The van der Waals surface area contributed by atoms with Crippen LogP contribution in [-0.4, -0.2) is 35.9 Å². The van der Waals surface area contributed by atoms with Gasteiger partial charge in [-0.2, -0.15) is 22.5 Å². The normalized spacial score (nSPS) is 16.4. The SMILES string of the molecule is O=S(=O)(c1nc(-c2ccccc2)oc1-c1ccccc1)N1CCC(O)(c2ccc(Cl)c(C(F)(F)F)c2)CC1. The number of piperidine rings is 1. The fourth-order valence-corrected chi connectivity index (χ4v) is 6.22. The standard InChI is InChI=1S/C27H22ClF3N2O4S/c28-22-12-11-20(17-21(22)27(29,30)31)26(34)13-15-33(16-14-26)38(35,36)25-23(18-7-3-1-4-8-18)37-24(32-25)19-9-5-2-6-10-19/h1-12,17,34H,13-16H2. The number of hydrogen-bond acceptors (Lipinski definition) is 5. The van der Waals surface area contributed by atoms with Crippen LogP contribution in [0.1, 0.15) is 24.0 Å². The van der Waals surface area contributed by atoms with Gasteiger partial charge in [0.1, 0.15) is 0 Å². The highest BCUT2D eigenvalue weighted by Gasteiger charge is 2.42. The van der Waals surface area contributed by atoms with Crippen LogP contribution in [0, 0.1) is 0 Å². The van der Waals surface area contributed by atoms with Crippen molar-refractivity contribution in [3.63, 3.8) is 0 Å². The van der Waals surface area contributed by atoms with Crippen molar-refractivity contribution in [2.45, 2.75) is 29.6 Å². The van der Waals surface area contributed by atoms with Gasteiger partial charge in [0, 0.05) is 24.2 Å². The van der Waals surface area contributed by atoms with Crippen LogP contribution >= 0.6 is 11.6 Å². The number of nitrogens with zero attached hydrogens (tertiary/aromatic N) is 2.